The topological polar surface area (TPSA) is 39.1 Å². The van der Waals surface area contributed by atoms with E-state index in [4.69, 9.17) is 4.74 Å². The second kappa shape index (κ2) is 7.28. The Morgan fingerprint density at radius 3 is 2.81 bits per heavy atom. The van der Waals surface area contributed by atoms with E-state index in [1.807, 2.05) is 13.1 Å². The predicted molar refractivity (Wildman–Crippen MR) is 76.0 cm³/mol. The summed E-state index contributed by atoms with van der Waals surface area (Å²) < 4.78 is 33.1. The molecule has 0 atom stereocenters. The second-order valence-electron chi connectivity index (χ2n) is 4.84. The monoisotopic (exact) mass is 295 g/mol. The minimum absolute atomic E-state index is 0.283. The van der Waals surface area contributed by atoms with Gasteiger partial charge in [-0.15, -0.1) is 0 Å². The molecular formula is C15H19F2N3O. The highest BCUT2D eigenvalue weighted by molar-refractivity contribution is 5.20. The number of aromatic nitrogens is 2. The Kier molecular flexibility index (Phi) is 5.41. The summed E-state index contributed by atoms with van der Waals surface area (Å²) in [6.07, 6.45) is 1.87. The summed E-state index contributed by atoms with van der Waals surface area (Å²) in [5.74, 6) is -1.13. The van der Waals surface area contributed by atoms with E-state index in [9.17, 15) is 8.78 Å². The van der Waals surface area contributed by atoms with Crippen molar-refractivity contribution in [2.24, 2.45) is 0 Å². The molecule has 1 N–H and O–H groups in total. The Morgan fingerprint density at radius 2 is 2.10 bits per heavy atom. The first-order valence-corrected chi connectivity index (χ1v) is 6.76. The molecule has 1 aromatic heterocycles. The number of benzene rings is 1. The molecule has 6 heteroatoms. The lowest BCUT2D eigenvalue weighted by atomic mass is 10.2. The SMILES string of the molecule is COCCNCc1cn(Cc2ccc(F)cc2F)nc1C. The van der Waals surface area contributed by atoms with Gasteiger partial charge in [0.05, 0.1) is 18.8 Å². The van der Waals surface area contributed by atoms with Gasteiger partial charge in [-0.2, -0.15) is 5.10 Å². The van der Waals surface area contributed by atoms with Crippen molar-refractivity contribution in [2.45, 2.75) is 20.0 Å². The Labute approximate surface area is 122 Å². The van der Waals surface area contributed by atoms with Crippen molar-refractivity contribution in [1.29, 1.82) is 0 Å². The average molecular weight is 295 g/mol. The normalized spacial score (nSPS) is 11.0. The van der Waals surface area contributed by atoms with Crippen molar-refractivity contribution in [1.82, 2.24) is 15.1 Å². The summed E-state index contributed by atoms with van der Waals surface area (Å²) in [5, 5.41) is 7.59. The van der Waals surface area contributed by atoms with E-state index in [0.29, 0.717) is 18.7 Å². The van der Waals surface area contributed by atoms with E-state index < -0.39 is 11.6 Å². The average Bonchev–Trinajstić information content (AvgIpc) is 2.78. The van der Waals surface area contributed by atoms with Gasteiger partial charge in [0, 0.05) is 43.6 Å². The Balaban J connectivity index is 2.01. The lowest BCUT2D eigenvalue weighted by Crippen LogP contribution is -2.18. The molecule has 0 aliphatic heterocycles. The van der Waals surface area contributed by atoms with Crippen LogP contribution in [-0.2, 0) is 17.8 Å². The third-order valence-corrected chi connectivity index (χ3v) is 3.19. The van der Waals surface area contributed by atoms with Gasteiger partial charge >= 0.3 is 0 Å². The maximum absolute atomic E-state index is 13.6. The summed E-state index contributed by atoms with van der Waals surface area (Å²) in [5.41, 5.74) is 2.36. The molecule has 2 aromatic rings. The van der Waals surface area contributed by atoms with Gasteiger partial charge in [-0.1, -0.05) is 6.07 Å². The van der Waals surface area contributed by atoms with Crippen LogP contribution in [0.1, 0.15) is 16.8 Å². The molecule has 2 rings (SSSR count). The first kappa shape index (κ1) is 15.6. The summed E-state index contributed by atoms with van der Waals surface area (Å²) in [4.78, 5) is 0. The Bertz CT molecular complexity index is 599. The number of rotatable bonds is 7. The highest BCUT2D eigenvalue weighted by Crippen LogP contribution is 2.12. The molecule has 4 nitrogen and oxygen atoms in total. The number of hydrogen-bond acceptors (Lipinski definition) is 3. The molecule has 0 aliphatic carbocycles. The second-order valence-corrected chi connectivity index (χ2v) is 4.84. The molecule has 0 fully saturated rings. The van der Waals surface area contributed by atoms with Crippen molar-refractivity contribution in [3.8, 4) is 0 Å². The lowest BCUT2D eigenvalue weighted by molar-refractivity contribution is 0.199. The number of methoxy groups -OCH3 is 1. The molecule has 0 aliphatic rings. The van der Waals surface area contributed by atoms with E-state index in [1.165, 1.54) is 12.1 Å². The van der Waals surface area contributed by atoms with E-state index in [0.717, 1.165) is 23.9 Å². The minimum Gasteiger partial charge on any atom is -0.383 e. The standard InChI is InChI=1S/C15H19F2N3O/c1-11-13(8-18-5-6-21-2)10-20(19-11)9-12-3-4-14(16)7-15(12)17/h3-4,7,10,18H,5-6,8-9H2,1-2H3. The molecule has 114 valence electrons. The molecule has 21 heavy (non-hydrogen) atoms. The molecule has 0 radical (unpaired) electrons. The molecule has 0 spiro atoms. The molecule has 1 heterocycles. The van der Waals surface area contributed by atoms with Crippen LogP contribution < -0.4 is 5.32 Å². The van der Waals surface area contributed by atoms with Gasteiger partial charge in [-0.05, 0) is 13.0 Å². The summed E-state index contributed by atoms with van der Waals surface area (Å²) >= 11 is 0. The van der Waals surface area contributed by atoms with Crippen LogP contribution in [0, 0.1) is 18.6 Å². The van der Waals surface area contributed by atoms with Crippen LogP contribution in [0.25, 0.3) is 0 Å². The maximum Gasteiger partial charge on any atom is 0.131 e. The van der Waals surface area contributed by atoms with Crippen molar-refractivity contribution < 1.29 is 13.5 Å². The minimum atomic E-state index is -0.573. The largest absolute Gasteiger partial charge is 0.383 e. The van der Waals surface area contributed by atoms with Gasteiger partial charge in [0.15, 0.2) is 0 Å². The van der Waals surface area contributed by atoms with E-state index in [2.05, 4.69) is 10.4 Å². The predicted octanol–water partition coefficient (Wildman–Crippen LogP) is 2.25. The van der Waals surface area contributed by atoms with E-state index >= 15 is 0 Å². The Morgan fingerprint density at radius 1 is 1.29 bits per heavy atom. The molecule has 0 saturated heterocycles. The summed E-state index contributed by atoms with van der Waals surface area (Å²) in [6, 6.07) is 3.58. The van der Waals surface area contributed by atoms with Crippen LogP contribution in [0.4, 0.5) is 8.78 Å². The molecule has 1 aromatic carbocycles. The third kappa shape index (κ3) is 4.34. The van der Waals surface area contributed by atoms with E-state index in [1.54, 1.807) is 11.8 Å². The Hall–Kier alpha value is -1.79. The molecule has 0 amide bonds. The van der Waals surface area contributed by atoms with Crippen LogP contribution >= 0.6 is 0 Å². The van der Waals surface area contributed by atoms with Crippen molar-refractivity contribution in [2.75, 3.05) is 20.3 Å². The van der Waals surface area contributed by atoms with Crippen LogP contribution in [0.3, 0.4) is 0 Å². The summed E-state index contributed by atoms with van der Waals surface area (Å²) in [6.45, 7) is 4.28. The maximum atomic E-state index is 13.6. The van der Waals surface area contributed by atoms with Crippen molar-refractivity contribution in [3.63, 3.8) is 0 Å². The number of ether oxygens (including phenoxy) is 1. The zero-order chi connectivity index (χ0) is 15.2. The number of hydrogen-bond donors (Lipinski definition) is 1. The van der Waals surface area contributed by atoms with Gasteiger partial charge in [0.25, 0.3) is 0 Å². The number of nitrogens with zero attached hydrogens (tertiary/aromatic N) is 2. The van der Waals surface area contributed by atoms with Gasteiger partial charge < -0.3 is 10.1 Å². The molecule has 0 unspecified atom stereocenters. The fourth-order valence-electron chi connectivity index (χ4n) is 2.04. The summed E-state index contributed by atoms with van der Waals surface area (Å²) in [7, 11) is 1.65. The zero-order valence-corrected chi connectivity index (χ0v) is 12.2. The fraction of sp³-hybridized carbons (Fsp3) is 0.400. The molecule has 0 bridgehead atoms. The first-order chi connectivity index (χ1) is 10.1. The van der Waals surface area contributed by atoms with Crippen LogP contribution in [-0.4, -0.2) is 30.0 Å². The van der Waals surface area contributed by atoms with Crippen LogP contribution in [0.2, 0.25) is 0 Å². The molecule has 0 saturated carbocycles. The third-order valence-electron chi connectivity index (χ3n) is 3.19. The van der Waals surface area contributed by atoms with Crippen molar-refractivity contribution in [3.05, 3.63) is 52.9 Å². The first-order valence-electron chi connectivity index (χ1n) is 6.76. The number of aryl methyl sites for hydroxylation is 1. The quantitative estimate of drug-likeness (QED) is 0.796. The molecular weight excluding hydrogens is 276 g/mol. The zero-order valence-electron chi connectivity index (χ0n) is 12.2. The van der Waals surface area contributed by atoms with Gasteiger partial charge in [-0.3, -0.25) is 4.68 Å². The van der Waals surface area contributed by atoms with Crippen molar-refractivity contribution >= 4 is 0 Å². The van der Waals surface area contributed by atoms with Gasteiger partial charge in [0.1, 0.15) is 11.6 Å². The van der Waals surface area contributed by atoms with Crippen LogP contribution in [0.15, 0.2) is 24.4 Å². The lowest BCUT2D eigenvalue weighted by Gasteiger charge is -2.04. The number of nitrogens with one attached hydrogen (secondary N) is 1. The highest BCUT2D eigenvalue weighted by Gasteiger charge is 2.08. The number of halogens is 2. The smallest absolute Gasteiger partial charge is 0.131 e. The highest BCUT2D eigenvalue weighted by atomic mass is 19.1. The fourth-order valence-corrected chi connectivity index (χ4v) is 2.04. The van der Waals surface area contributed by atoms with Gasteiger partial charge in [0.2, 0.25) is 0 Å². The van der Waals surface area contributed by atoms with Gasteiger partial charge in [-0.25, -0.2) is 8.78 Å². The van der Waals surface area contributed by atoms with E-state index in [-0.39, 0.29) is 6.54 Å². The van der Waals surface area contributed by atoms with Crippen LogP contribution in [0.5, 0.6) is 0 Å².